The molecule has 0 spiro atoms. The van der Waals surface area contributed by atoms with Gasteiger partial charge in [-0.1, -0.05) is 18.2 Å². The maximum atomic E-state index is 13.6. The number of methoxy groups -OCH3 is 1. The van der Waals surface area contributed by atoms with Crippen LogP contribution in [-0.4, -0.2) is 26.7 Å². The molecular weight excluding hydrogens is 451 g/mol. The minimum absolute atomic E-state index is 0. The molecule has 4 nitrogen and oxygen atoms in total. The zero-order valence-electron chi connectivity index (χ0n) is 14.9. The lowest BCUT2D eigenvalue weighted by atomic mass is 10.1. The van der Waals surface area contributed by atoms with Crippen LogP contribution in [-0.2, 0) is 24.3 Å². The fourth-order valence-corrected chi connectivity index (χ4v) is 2.39. The standard InChI is InChI=1S/C19H23F2N3O.HI/c1-22-19(23-10-9-14-3-6-17(20)7-4-14)24-12-15-5-8-18(21)16(11-15)13-25-2;/h3-8,11H,9-10,12-13H2,1-2H3,(H2,22,23,24);1H. The first kappa shape index (κ1) is 22.3. The summed E-state index contributed by atoms with van der Waals surface area (Å²) in [6, 6.07) is 11.4. The van der Waals surface area contributed by atoms with Crippen molar-refractivity contribution >= 4 is 29.9 Å². The van der Waals surface area contributed by atoms with Crippen LogP contribution in [0.2, 0.25) is 0 Å². The van der Waals surface area contributed by atoms with Crippen LogP contribution in [0.25, 0.3) is 0 Å². The normalized spacial score (nSPS) is 11.0. The Kier molecular flexibility index (Phi) is 10.1. The Morgan fingerprint density at radius 1 is 1.04 bits per heavy atom. The second-order valence-corrected chi connectivity index (χ2v) is 5.59. The maximum Gasteiger partial charge on any atom is 0.191 e. The van der Waals surface area contributed by atoms with Gasteiger partial charge in [-0.25, -0.2) is 8.78 Å². The van der Waals surface area contributed by atoms with Crippen LogP contribution in [0.5, 0.6) is 0 Å². The van der Waals surface area contributed by atoms with Crippen LogP contribution < -0.4 is 10.6 Å². The van der Waals surface area contributed by atoms with Crippen LogP contribution in [0.1, 0.15) is 16.7 Å². The summed E-state index contributed by atoms with van der Waals surface area (Å²) in [5, 5.41) is 6.39. The number of guanidine groups is 1. The third-order valence-corrected chi connectivity index (χ3v) is 3.71. The number of hydrogen-bond donors (Lipinski definition) is 2. The van der Waals surface area contributed by atoms with E-state index < -0.39 is 0 Å². The molecule has 0 aliphatic carbocycles. The molecule has 26 heavy (non-hydrogen) atoms. The molecule has 2 aromatic rings. The predicted octanol–water partition coefficient (Wildman–Crippen LogP) is 3.64. The van der Waals surface area contributed by atoms with Gasteiger partial charge in [-0.3, -0.25) is 4.99 Å². The average molecular weight is 475 g/mol. The van der Waals surface area contributed by atoms with Gasteiger partial charge in [0.15, 0.2) is 5.96 Å². The summed E-state index contributed by atoms with van der Waals surface area (Å²) < 4.78 is 31.5. The quantitative estimate of drug-likeness (QED) is 0.365. The van der Waals surface area contributed by atoms with Gasteiger partial charge in [-0.2, -0.15) is 0 Å². The second-order valence-electron chi connectivity index (χ2n) is 5.59. The van der Waals surface area contributed by atoms with Crippen LogP contribution in [0, 0.1) is 11.6 Å². The first-order chi connectivity index (χ1) is 12.1. The molecule has 2 rings (SSSR count). The van der Waals surface area contributed by atoms with Gasteiger partial charge in [0.2, 0.25) is 0 Å². The van der Waals surface area contributed by atoms with Gasteiger partial charge in [0.05, 0.1) is 6.61 Å². The molecule has 142 valence electrons. The Balaban J connectivity index is 0.00000338. The van der Waals surface area contributed by atoms with Gasteiger partial charge in [0, 0.05) is 32.8 Å². The van der Waals surface area contributed by atoms with Crippen molar-refractivity contribution in [2.45, 2.75) is 19.6 Å². The topological polar surface area (TPSA) is 45.7 Å². The van der Waals surface area contributed by atoms with Gasteiger partial charge >= 0.3 is 0 Å². The monoisotopic (exact) mass is 475 g/mol. The van der Waals surface area contributed by atoms with E-state index in [1.807, 2.05) is 0 Å². The van der Waals surface area contributed by atoms with Crippen molar-refractivity contribution in [2.24, 2.45) is 4.99 Å². The lowest BCUT2D eigenvalue weighted by molar-refractivity contribution is 0.181. The van der Waals surface area contributed by atoms with Gasteiger partial charge < -0.3 is 15.4 Å². The molecule has 7 heteroatoms. The van der Waals surface area contributed by atoms with Gasteiger partial charge in [0.1, 0.15) is 11.6 Å². The van der Waals surface area contributed by atoms with E-state index >= 15 is 0 Å². The summed E-state index contributed by atoms with van der Waals surface area (Å²) in [5.74, 6) is 0.147. The predicted molar refractivity (Wildman–Crippen MR) is 111 cm³/mol. The molecular formula is C19H24F2IN3O. The maximum absolute atomic E-state index is 13.6. The molecule has 0 aliphatic heterocycles. The van der Waals surface area contributed by atoms with Gasteiger partial charge in [-0.05, 0) is 41.8 Å². The number of nitrogens with zero attached hydrogens (tertiary/aromatic N) is 1. The number of benzene rings is 2. The fraction of sp³-hybridized carbons (Fsp3) is 0.316. The third kappa shape index (κ3) is 7.25. The smallest absolute Gasteiger partial charge is 0.191 e. The first-order valence-corrected chi connectivity index (χ1v) is 8.07. The Bertz CT molecular complexity index is 708. The second kappa shape index (κ2) is 11.8. The summed E-state index contributed by atoms with van der Waals surface area (Å²) in [6.07, 6.45) is 0.759. The Morgan fingerprint density at radius 2 is 1.73 bits per heavy atom. The molecule has 0 unspecified atom stereocenters. The van der Waals surface area contributed by atoms with Crippen molar-refractivity contribution in [1.82, 2.24) is 10.6 Å². The number of aliphatic imine (C=N–C) groups is 1. The van der Waals surface area contributed by atoms with Crippen molar-refractivity contribution in [3.05, 3.63) is 70.8 Å². The van der Waals surface area contributed by atoms with Crippen LogP contribution >= 0.6 is 24.0 Å². The molecule has 0 heterocycles. The van der Waals surface area contributed by atoms with Gasteiger partial charge in [-0.15, -0.1) is 24.0 Å². The third-order valence-electron chi connectivity index (χ3n) is 3.71. The minimum atomic E-state index is -0.271. The Labute approximate surface area is 170 Å². The zero-order valence-corrected chi connectivity index (χ0v) is 17.2. The molecule has 0 bridgehead atoms. The van der Waals surface area contributed by atoms with Crippen molar-refractivity contribution < 1.29 is 13.5 Å². The molecule has 2 N–H and O–H groups in total. The van der Waals surface area contributed by atoms with Crippen LogP contribution in [0.15, 0.2) is 47.5 Å². The van der Waals surface area contributed by atoms with Crippen molar-refractivity contribution in [3.8, 4) is 0 Å². The summed E-state index contributed by atoms with van der Waals surface area (Å²) in [6.45, 7) is 1.43. The Morgan fingerprint density at radius 3 is 2.38 bits per heavy atom. The summed E-state index contributed by atoms with van der Waals surface area (Å²) in [7, 11) is 3.23. The highest BCUT2D eigenvalue weighted by atomic mass is 127. The van der Waals surface area contributed by atoms with E-state index in [4.69, 9.17) is 4.74 Å². The SMILES string of the molecule is CN=C(NCCc1ccc(F)cc1)NCc1ccc(F)c(COC)c1.I. The van der Waals surface area contributed by atoms with Crippen molar-refractivity contribution in [2.75, 3.05) is 20.7 Å². The first-order valence-electron chi connectivity index (χ1n) is 8.07. The highest BCUT2D eigenvalue weighted by Crippen LogP contribution is 2.11. The summed E-state index contributed by atoms with van der Waals surface area (Å²) in [4.78, 5) is 4.16. The lowest BCUT2D eigenvalue weighted by Gasteiger charge is -2.13. The number of hydrogen-bond acceptors (Lipinski definition) is 2. The molecule has 0 radical (unpaired) electrons. The fourth-order valence-electron chi connectivity index (χ4n) is 2.39. The van der Waals surface area contributed by atoms with Gasteiger partial charge in [0.25, 0.3) is 0 Å². The van der Waals surface area contributed by atoms with E-state index in [0.717, 1.165) is 17.5 Å². The number of ether oxygens (including phenoxy) is 1. The van der Waals surface area contributed by atoms with E-state index in [1.165, 1.54) is 25.3 Å². The van der Waals surface area contributed by atoms with E-state index in [9.17, 15) is 8.78 Å². The van der Waals surface area contributed by atoms with Crippen molar-refractivity contribution in [3.63, 3.8) is 0 Å². The molecule has 0 aromatic heterocycles. The number of nitrogens with one attached hydrogen (secondary N) is 2. The zero-order chi connectivity index (χ0) is 18.1. The van der Waals surface area contributed by atoms with E-state index in [0.29, 0.717) is 24.6 Å². The van der Waals surface area contributed by atoms with E-state index in [1.54, 1.807) is 31.3 Å². The highest BCUT2D eigenvalue weighted by Gasteiger charge is 2.04. The molecule has 0 saturated carbocycles. The van der Waals surface area contributed by atoms with Crippen molar-refractivity contribution in [1.29, 1.82) is 0 Å². The summed E-state index contributed by atoms with van der Waals surface area (Å²) >= 11 is 0. The van der Waals surface area contributed by atoms with Crippen LogP contribution in [0.3, 0.4) is 0 Å². The Hall–Kier alpha value is -1.74. The highest BCUT2D eigenvalue weighted by molar-refractivity contribution is 14.0. The lowest BCUT2D eigenvalue weighted by Crippen LogP contribution is -2.37. The number of rotatable bonds is 7. The van der Waals surface area contributed by atoms with E-state index in [-0.39, 0.29) is 42.2 Å². The largest absolute Gasteiger partial charge is 0.380 e. The summed E-state index contributed by atoms with van der Waals surface area (Å²) in [5.41, 5.74) is 2.52. The molecule has 0 aliphatic rings. The minimum Gasteiger partial charge on any atom is -0.380 e. The molecule has 0 fully saturated rings. The molecule has 0 amide bonds. The molecule has 0 saturated heterocycles. The number of halogens is 3. The molecule has 2 aromatic carbocycles. The average Bonchev–Trinajstić information content (AvgIpc) is 2.62. The molecule has 0 atom stereocenters. The van der Waals surface area contributed by atoms with E-state index in [2.05, 4.69) is 15.6 Å². The van der Waals surface area contributed by atoms with Crippen LogP contribution in [0.4, 0.5) is 8.78 Å².